The van der Waals surface area contributed by atoms with Gasteiger partial charge in [0.25, 0.3) is 0 Å². The van der Waals surface area contributed by atoms with E-state index in [1.807, 2.05) is 4.90 Å². The zero-order valence-corrected chi connectivity index (χ0v) is 19.6. The zero-order chi connectivity index (χ0) is 23.9. The molecule has 0 bridgehead atoms. The fourth-order valence-electron chi connectivity index (χ4n) is 5.14. The average Bonchev–Trinajstić information content (AvgIpc) is 3.55. The summed E-state index contributed by atoms with van der Waals surface area (Å²) in [6, 6.07) is 5.51. The number of ether oxygens (including phenoxy) is 1. The molecule has 182 valence electrons. The fourth-order valence-corrected chi connectivity index (χ4v) is 6.24. The molecule has 4 rings (SSSR count). The van der Waals surface area contributed by atoms with Gasteiger partial charge in [0.2, 0.25) is 10.0 Å². The average molecular weight is 486 g/mol. The van der Waals surface area contributed by atoms with Crippen LogP contribution in [0, 0.1) is 28.6 Å². The Morgan fingerprint density at radius 2 is 1.91 bits per heavy atom. The predicted octanol–water partition coefficient (Wildman–Crippen LogP) is 3.87. The van der Waals surface area contributed by atoms with Gasteiger partial charge < -0.3 is 9.64 Å². The first-order valence-electron chi connectivity index (χ1n) is 11.5. The summed E-state index contributed by atoms with van der Waals surface area (Å²) >= 11 is 0. The quantitative estimate of drug-likeness (QED) is 0.586. The van der Waals surface area contributed by atoms with Crippen molar-refractivity contribution in [3.63, 3.8) is 0 Å². The van der Waals surface area contributed by atoms with Crippen LogP contribution < -0.4 is 4.90 Å². The van der Waals surface area contributed by atoms with E-state index >= 15 is 0 Å². The van der Waals surface area contributed by atoms with Gasteiger partial charge in [-0.1, -0.05) is 0 Å². The molecule has 1 atom stereocenters. The lowest BCUT2D eigenvalue weighted by Crippen LogP contribution is -2.47. The molecule has 1 aliphatic carbocycles. The molecule has 1 unspecified atom stereocenters. The zero-order valence-electron chi connectivity index (χ0n) is 18.8. The van der Waals surface area contributed by atoms with Gasteiger partial charge in [0.05, 0.1) is 29.6 Å². The normalized spacial score (nSPS) is 23.7. The second kappa shape index (κ2) is 9.08. The van der Waals surface area contributed by atoms with Crippen LogP contribution in [0.25, 0.3) is 0 Å². The van der Waals surface area contributed by atoms with Crippen molar-refractivity contribution >= 4 is 15.7 Å². The van der Waals surface area contributed by atoms with Crippen molar-refractivity contribution < 1.29 is 26.3 Å². The Morgan fingerprint density at radius 1 is 1.21 bits per heavy atom. The topological polar surface area (TPSA) is 73.6 Å². The number of hydrogen-bond acceptors (Lipinski definition) is 5. The highest BCUT2D eigenvalue weighted by atomic mass is 32.2. The summed E-state index contributed by atoms with van der Waals surface area (Å²) in [6.45, 7) is 4.80. The van der Waals surface area contributed by atoms with E-state index in [0.29, 0.717) is 63.8 Å². The van der Waals surface area contributed by atoms with Crippen LogP contribution in [-0.2, 0) is 20.9 Å². The van der Waals surface area contributed by atoms with E-state index in [9.17, 15) is 21.6 Å². The van der Waals surface area contributed by atoms with Crippen molar-refractivity contribution in [1.29, 1.82) is 5.26 Å². The van der Waals surface area contributed by atoms with Gasteiger partial charge in [0.1, 0.15) is 0 Å². The number of piperidine rings is 1. The van der Waals surface area contributed by atoms with Crippen LogP contribution in [0.5, 0.6) is 0 Å². The van der Waals surface area contributed by atoms with Crippen molar-refractivity contribution in [1.82, 2.24) is 4.31 Å². The lowest BCUT2D eigenvalue weighted by molar-refractivity contribution is -0.137. The Kier molecular flexibility index (Phi) is 6.69. The third kappa shape index (κ3) is 5.15. The number of nitrogens with zero attached hydrogens (tertiary/aromatic N) is 3. The number of anilines is 1. The molecule has 3 fully saturated rings. The molecular formula is C23H30F3N3O3S. The first-order valence-corrected chi connectivity index (χ1v) is 13.1. The summed E-state index contributed by atoms with van der Waals surface area (Å²) < 4.78 is 72.7. The minimum Gasteiger partial charge on any atom is -0.381 e. The summed E-state index contributed by atoms with van der Waals surface area (Å²) in [6.07, 6.45) is -0.940. The lowest BCUT2D eigenvalue weighted by atomic mass is 9.71. The van der Waals surface area contributed by atoms with Gasteiger partial charge in [-0.3, -0.25) is 0 Å². The summed E-state index contributed by atoms with van der Waals surface area (Å²) in [5.74, 6) is 0.779. The minimum absolute atomic E-state index is 0.0610. The maximum atomic E-state index is 13.5. The maximum absolute atomic E-state index is 13.5. The molecule has 33 heavy (non-hydrogen) atoms. The number of benzene rings is 1. The molecule has 1 saturated carbocycles. The largest absolute Gasteiger partial charge is 0.417 e. The first-order chi connectivity index (χ1) is 15.6. The van der Waals surface area contributed by atoms with Crippen LogP contribution in [0.1, 0.15) is 43.7 Å². The Bertz CT molecular complexity index is 1010. The van der Waals surface area contributed by atoms with Crippen molar-refractivity contribution in [3.05, 3.63) is 29.3 Å². The van der Waals surface area contributed by atoms with Crippen molar-refractivity contribution in [2.45, 2.75) is 38.8 Å². The highest BCUT2D eigenvalue weighted by Crippen LogP contribution is 2.47. The van der Waals surface area contributed by atoms with E-state index in [-0.39, 0.29) is 22.6 Å². The second-order valence-electron chi connectivity index (χ2n) is 9.56. The van der Waals surface area contributed by atoms with Crippen LogP contribution >= 0.6 is 0 Å². The third-order valence-electron chi connectivity index (χ3n) is 7.45. The van der Waals surface area contributed by atoms with Gasteiger partial charge in [0, 0.05) is 44.4 Å². The highest BCUT2D eigenvalue weighted by molar-refractivity contribution is 7.89. The molecule has 0 amide bonds. The smallest absolute Gasteiger partial charge is 0.381 e. The summed E-state index contributed by atoms with van der Waals surface area (Å²) in [5.41, 5.74) is -1.08. The molecule has 1 aromatic rings. The molecule has 6 nitrogen and oxygen atoms in total. The number of rotatable bonds is 7. The van der Waals surface area contributed by atoms with E-state index in [2.05, 4.69) is 0 Å². The molecule has 0 aromatic heterocycles. The number of sulfonamides is 1. The summed E-state index contributed by atoms with van der Waals surface area (Å²) in [7, 11) is -3.27. The van der Waals surface area contributed by atoms with E-state index in [1.54, 1.807) is 19.1 Å². The Hall–Kier alpha value is -1.83. The molecular weight excluding hydrogens is 455 g/mol. The molecule has 1 spiro atoms. The number of nitriles is 1. The van der Waals surface area contributed by atoms with Gasteiger partial charge in [-0.15, -0.1) is 0 Å². The van der Waals surface area contributed by atoms with Crippen LogP contribution in [0.2, 0.25) is 0 Å². The Morgan fingerprint density at radius 3 is 2.48 bits per heavy atom. The van der Waals surface area contributed by atoms with E-state index < -0.39 is 21.8 Å². The van der Waals surface area contributed by atoms with Gasteiger partial charge in [-0.05, 0) is 62.1 Å². The molecule has 1 aromatic carbocycles. The molecule has 2 aliphatic heterocycles. The minimum atomic E-state index is -4.61. The molecule has 2 heterocycles. The SMILES string of the molecule is CCS(=O)(=O)N1CCC2(CC1)CN(c1ccc(C#N)c(C(F)(F)F)c1)CC2COCC1CC1. The van der Waals surface area contributed by atoms with Crippen molar-refractivity contribution in [2.75, 3.05) is 50.0 Å². The van der Waals surface area contributed by atoms with Crippen LogP contribution in [-0.4, -0.2) is 57.9 Å². The van der Waals surface area contributed by atoms with Crippen LogP contribution in [0.4, 0.5) is 18.9 Å². The highest BCUT2D eigenvalue weighted by Gasteiger charge is 2.49. The standard InChI is InChI=1S/C23H30F3N3O3S/c1-2-33(30,31)29-9-7-22(8-10-29)16-28(13-19(22)15-32-14-17-3-4-17)20-6-5-18(12-27)21(11-20)23(24,25)26/h5-6,11,17,19H,2-4,7-10,13-16H2,1H3. The van der Waals surface area contributed by atoms with E-state index in [1.165, 1.54) is 23.2 Å². The molecule has 0 N–H and O–H groups in total. The number of halogens is 3. The van der Waals surface area contributed by atoms with Crippen molar-refractivity contribution in [3.8, 4) is 6.07 Å². The van der Waals surface area contributed by atoms with Crippen molar-refractivity contribution in [2.24, 2.45) is 17.3 Å². The monoisotopic (exact) mass is 485 g/mol. The fraction of sp³-hybridized carbons (Fsp3) is 0.696. The second-order valence-corrected chi connectivity index (χ2v) is 11.8. The number of alkyl halides is 3. The lowest BCUT2D eigenvalue weighted by Gasteiger charge is -2.42. The van der Waals surface area contributed by atoms with Crippen LogP contribution in [0.15, 0.2) is 18.2 Å². The van der Waals surface area contributed by atoms with Gasteiger partial charge >= 0.3 is 6.18 Å². The van der Waals surface area contributed by atoms with Gasteiger partial charge in [-0.2, -0.15) is 18.4 Å². The maximum Gasteiger partial charge on any atom is 0.417 e. The molecule has 3 aliphatic rings. The number of hydrogen-bond donors (Lipinski definition) is 0. The summed E-state index contributed by atoms with van der Waals surface area (Å²) in [5, 5.41) is 9.10. The molecule has 2 saturated heterocycles. The first kappa shape index (κ1) is 24.3. The van der Waals surface area contributed by atoms with Gasteiger partial charge in [-0.25, -0.2) is 12.7 Å². The van der Waals surface area contributed by atoms with Gasteiger partial charge in [0.15, 0.2) is 0 Å². The van der Waals surface area contributed by atoms with Crippen LogP contribution in [0.3, 0.4) is 0 Å². The third-order valence-corrected chi connectivity index (χ3v) is 9.33. The summed E-state index contributed by atoms with van der Waals surface area (Å²) in [4.78, 5) is 1.95. The van der Waals surface area contributed by atoms with E-state index in [4.69, 9.17) is 10.00 Å². The Balaban J connectivity index is 1.56. The Labute approximate surface area is 193 Å². The molecule has 0 radical (unpaired) electrons. The van der Waals surface area contributed by atoms with E-state index in [0.717, 1.165) is 6.07 Å². The predicted molar refractivity (Wildman–Crippen MR) is 118 cm³/mol. The molecule has 10 heteroatoms.